The van der Waals surface area contributed by atoms with E-state index in [1.807, 2.05) is 0 Å². The molecule has 1 rings (SSSR count). The van der Waals surface area contributed by atoms with Crippen LogP contribution in [0.3, 0.4) is 0 Å². The van der Waals surface area contributed by atoms with Crippen molar-refractivity contribution in [1.29, 1.82) is 0 Å². The van der Waals surface area contributed by atoms with Crippen LogP contribution in [0.4, 0.5) is 0 Å². The summed E-state index contributed by atoms with van der Waals surface area (Å²) in [5.74, 6) is 0.521. The van der Waals surface area contributed by atoms with Gasteiger partial charge in [-0.3, -0.25) is 0 Å². The molecular formula is C11H16. The fourth-order valence-electron chi connectivity index (χ4n) is 1.19. The van der Waals surface area contributed by atoms with Gasteiger partial charge < -0.3 is 0 Å². The van der Waals surface area contributed by atoms with E-state index in [1.165, 1.54) is 0 Å². The van der Waals surface area contributed by atoms with Gasteiger partial charge in [-0.25, -0.2) is 0 Å². The maximum atomic E-state index is 2.26. The van der Waals surface area contributed by atoms with E-state index in [2.05, 4.69) is 57.2 Å². The summed E-state index contributed by atoms with van der Waals surface area (Å²) < 4.78 is 0. The third-order valence-corrected chi connectivity index (χ3v) is 1.91. The first-order chi connectivity index (χ1) is 5.14. The van der Waals surface area contributed by atoms with Gasteiger partial charge in [0.05, 0.1) is 0 Å². The Morgan fingerprint density at radius 3 is 2.18 bits per heavy atom. The van der Waals surface area contributed by atoms with E-state index in [0.717, 1.165) is 0 Å². The van der Waals surface area contributed by atoms with Crippen LogP contribution in [0.15, 0.2) is 36.5 Å². The summed E-state index contributed by atoms with van der Waals surface area (Å²) in [7, 11) is 0. The van der Waals surface area contributed by atoms with Gasteiger partial charge >= 0.3 is 0 Å². The molecule has 0 spiro atoms. The normalized spacial score (nSPS) is 23.2. The molecule has 0 aliphatic heterocycles. The summed E-state index contributed by atoms with van der Waals surface area (Å²) in [5, 5.41) is 0. The summed E-state index contributed by atoms with van der Waals surface area (Å²) in [6.45, 7) is 6.49. The standard InChI is InChI=1S/C11H16/c1-4-5-10-6-8-11(2,3)9-7-10/h4-10H,1-3H3. The third-order valence-electron chi connectivity index (χ3n) is 1.91. The zero-order valence-electron chi connectivity index (χ0n) is 7.54. The predicted octanol–water partition coefficient (Wildman–Crippen LogP) is 3.33. The van der Waals surface area contributed by atoms with Gasteiger partial charge in [0.1, 0.15) is 0 Å². The third kappa shape index (κ3) is 2.38. The second-order valence-electron chi connectivity index (χ2n) is 3.64. The highest BCUT2D eigenvalue weighted by Gasteiger charge is 2.13. The molecule has 0 aromatic rings. The van der Waals surface area contributed by atoms with Crippen LogP contribution in [0, 0.1) is 11.3 Å². The molecule has 0 amide bonds. The first kappa shape index (κ1) is 8.32. The van der Waals surface area contributed by atoms with Crippen molar-refractivity contribution < 1.29 is 0 Å². The fraction of sp³-hybridized carbons (Fsp3) is 0.455. The predicted molar refractivity (Wildman–Crippen MR) is 50.4 cm³/mol. The van der Waals surface area contributed by atoms with Crippen LogP contribution in [0.5, 0.6) is 0 Å². The number of rotatable bonds is 1. The second kappa shape index (κ2) is 3.08. The van der Waals surface area contributed by atoms with Crippen LogP contribution in [-0.2, 0) is 0 Å². The molecule has 0 heterocycles. The SMILES string of the molecule is CC=CC1C=CC(C)(C)C=C1. The van der Waals surface area contributed by atoms with Gasteiger partial charge in [-0.2, -0.15) is 0 Å². The van der Waals surface area contributed by atoms with E-state index in [4.69, 9.17) is 0 Å². The van der Waals surface area contributed by atoms with Crippen molar-refractivity contribution in [3.63, 3.8) is 0 Å². The summed E-state index contributed by atoms with van der Waals surface area (Å²) in [5.41, 5.74) is 0.262. The first-order valence-corrected chi connectivity index (χ1v) is 4.15. The Balaban J connectivity index is 2.65. The van der Waals surface area contributed by atoms with Crippen molar-refractivity contribution in [3.8, 4) is 0 Å². The van der Waals surface area contributed by atoms with Gasteiger partial charge in [0.2, 0.25) is 0 Å². The van der Waals surface area contributed by atoms with Crippen molar-refractivity contribution in [2.24, 2.45) is 11.3 Å². The van der Waals surface area contributed by atoms with E-state index >= 15 is 0 Å². The van der Waals surface area contributed by atoms with Gasteiger partial charge in [0.15, 0.2) is 0 Å². The Hall–Kier alpha value is -0.780. The quantitative estimate of drug-likeness (QED) is 0.500. The Labute approximate surface area is 69.3 Å². The van der Waals surface area contributed by atoms with Crippen LogP contribution >= 0.6 is 0 Å². The molecule has 0 saturated heterocycles. The van der Waals surface area contributed by atoms with Crippen molar-refractivity contribution in [1.82, 2.24) is 0 Å². The monoisotopic (exact) mass is 148 g/mol. The smallest absolute Gasteiger partial charge is 0.0128 e. The lowest BCUT2D eigenvalue weighted by Gasteiger charge is -2.20. The van der Waals surface area contributed by atoms with E-state index in [-0.39, 0.29) is 5.41 Å². The summed E-state index contributed by atoms with van der Waals surface area (Å²) in [4.78, 5) is 0. The van der Waals surface area contributed by atoms with E-state index < -0.39 is 0 Å². The van der Waals surface area contributed by atoms with Crippen LogP contribution < -0.4 is 0 Å². The Kier molecular flexibility index (Phi) is 2.33. The first-order valence-electron chi connectivity index (χ1n) is 4.15. The zero-order valence-corrected chi connectivity index (χ0v) is 7.54. The Bertz CT molecular complexity index is 188. The molecule has 0 heteroatoms. The second-order valence-corrected chi connectivity index (χ2v) is 3.64. The van der Waals surface area contributed by atoms with Gasteiger partial charge in [-0.15, -0.1) is 0 Å². The Morgan fingerprint density at radius 1 is 1.18 bits per heavy atom. The van der Waals surface area contributed by atoms with Crippen LogP contribution in [-0.4, -0.2) is 0 Å². The average Bonchev–Trinajstić information content (AvgIpc) is 1.94. The molecule has 1 aliphatic rings. The highest BCUT2D eigenvalue weighted by molar-refractivity contribution is 5.21. The lowest BCUT2D eigenvalue weighted by atomic mass is 9.85. The number of hydrogen-bond acceptors (Lipinski definition) is 0. The van der Waals surface area contributed by atoms with E-state index in [1.54, 1.807) is 0 Å². The summed E-state index contributed by atoms with van der Waals surface area (Å²) in [6, 6.07) is 0. The molecule has 60 valence electrons. The highest BCUT2D eigenvalue weighted by atomic mass is 14.2. The number of allylic oxidation sites excluding steroid dienone is 6. The minimum Gasteiger partial charge on any atom is -0.0908 e. The van der Waals surface area contributed by atoms with E-state index in [9.17, 15) is 0 Å². The lowest BCUT2D eigenvalue weighted by Crippen LogP contribution is -2.07. The minimum absolute atomic E-state index is 0.262. The van der Waals surface area contributed by atoms with Crippen molar-refractivity contribution in [3.05, 3.63) is 36.5 Å². The zero-order chi connectivity index (χ0) is 8.32. The van der Waals surface area contributed by atoms with Crippen LogP contribution in [0.1, 0.15) is 20.8 Å². The maximum absolute atomic E-state index is 2.26. The molecular weight excluding hydrogens is 132 g/mol. The van der Waals surface area contributed by atoms with Gasteiger partial charge in [-0.05, 0) is 6.92 Å². The molecule has 0 fully saturated rings. The molecule has 11 heavy (non-hydrogen) atoms. The molecule has 0 unspecified atom stereocenters. The van der Waals surface area contributed by atoms with Crippen molar-refractivity contribution in [2.45, 2.75) is 20.8 Å². The summed E-state index contributed by atoms with van der Waals surface area (Å²) in [6.07, 6.45) is 13.3. The molecule has 0 bridgehead atoms. The molecule has 0 aromatic heterocycles. The largest absolute Gasteiger partial charge is 0.0908 e. The molecule has 0 radical (unpaired) electrons. The number of hydrogen-bond donors (Lipinski definition) is 0. The van der Waals surface area contributed by atoms with Gasteiger partial charge in [0.25, 0.3) is 0 Å². The molecule has 1 aliphatic carbocycles. The molecule has 0 nitrogen and oxygen atoms in total. The van der Waals surface area contributed by atoms with Crippen molar-refractivity contribution >= 4 is 0 Å². The van der Waals surface area contributed by atoms with Gasteiger partial charge in [0, 0.05) is 11.3 Å². The minimum atomic E-state index is 0.262. The molecule has 0 saturated carbocycles. The summed E-state index contributed by atoms with van der Waals surface area (Å²) >= 11 is 0. The molecule has 0 aromatic carbocycles. The van der Waals surface area contributed by atoms with Crippen molar-refractivity contribution in [2.75, 3.05) is 0 Å². The van der Waals surface area contributed by atoms with E-state index in [0.29, 0.717) is 5.92 Å². The topological polar surface area (TPSA) is 0 Å². The average molecular weight is 148 g/mol. The van der Waals surface area contributed by atoms with Crippen LogP contribution in [0.2, 0.25) is 0 Å². The maximum Gasteiger partial charge on any atom is 0.0128 e. The molecule has 0 atom stereocenters. The molecule has 0 N–H and O–H groups in total. The Morgan fingerprint density at radius 2 is 1.73 bits per heavy atom. The van der Waals surface area contributed by atoms with Gasteiger partial charge in [-0.1, -0.05) is 50.3 Å². The van der Waals surface area contributed by atoms with Crippen LogP contribution in [0.25, 0.3) is 0 Å². The fourth-order valence-corrected chi connectivity index (χ4v) is 1.19. The highest BCUT2D eigenvalue weighted by Crippen LogP contribution is 2.25. The lowest BCUT2D eigenvalue weighted by molar-refractivity contribution is 0.606.